The second kappa shape index (κ2) is 9.45. The minimum absolute atomic E-state index is 0.127. The van der Waals surface area contributed by atoms with E-state index in [2.05, 4.69) is 27.5 Å². The van der Waals surface area contributed by atoms with Gasteiger partial charge in [0, 0.05) is 31.5 Å². The number of aryl methyl sites for hydroxylation is 1. The Morgan fingerprint density at radius 1 is 1.33 bits per heavy atom. The van der Waals surface area contributed by atoms with Crippen molar-refractivity contribution in [3.8, 4) is 0 Å². The van der Waals surface area contributed by atoms with Crippen LogP contribution in [0.2, 0.25) is 0 Å². The number of imidazole rings is 1. The van der Waals surface area contributed by atoms with E-state index in [0.717, 1.165) is 5.56 Å². The van der Waals surface area contributed by atoms with Crippen molar-refractivity contribution in [1.82, 2.24) is 19.8 Å². The summed E-state index contributed by atoms with van der Waals surface area (Å²) < 4.78 is 7.32. The number of benzene rings is 1. The van der Waals surface area contributed by atoms with Gasteiger partial charge in [-0.3, -0.25) is 5.41 Å². The lowest BCUT2D eigenvalue weighted by atomic mass is 10.1. The van der Waals surface area contributed by atoms with Gasteiger partial charge in [-0.2, -0.15) is 0 Å². The van der Waals surface area contributed by atoms with E-state index in [-0.39, 0.29) is 12.1 Å². The molecule has 0 spiro atoms. The van der Waals surface area contributed by atoms with Crippen LogP contribution in [-0.4, -0.2) is 58.7 Å². The third kappa shape index (κ3) is 4.80. The summed E-state index contributed by atoms with van der Waals surface area (Å²) in [4.78, 5) is 18.1. The van der Waals surface area contributed by atoms with Gasteiger partial charge in [-0.1, -0.05) is 18.7 Å². The van der Waals surface area contributed by atoms with E-state index >= 15 is 0 Å². The Bertz CT molecular complexity index is 920. The highest BCUT2D eigenvalue weighted by Crippen LogP contribution is 2.23. The van der Waals surface area contributed by atoms with E-state index in [4.69, 9.17) is 10.1 Å². The summed E-state index contributed by atoms with van der Waals surface area (Å²) in [6, 6.07) is 7.25. The first-order chi connectivity index (χ1) is 14.4. The second-order valence-corrected chi connectivity index (χ2v) is 7.18. The summed E-state index contributed by atoms with van der Waals surface area (Å²) in [5.41, 5.74) is 2.90. The minimum atomic E-state index is -0.240. The molecule has 9 heteroatoms. The maximum Gasteiger partial charge on any atom is 0.319 e. The number of ether oxygens (including phenoxy) is 1. The monoisotopic (exact) mass is 411 g/mol. The quantitative estimate of drug-likeness (QED) is 0.432. The molecule has 1 saturated heterocycles. The first-order valence-corrected chi connectivity index (χ1v) is 9.96. The van der Waals surface area contributed by atoms with Crippen molar-refractivity contribution in [1.29, 1.82) is 5.41 Å². The molecule has 0 bridgehead atoms. The van der Waals surface area contributed by atoms with Gasteiger partial charge in [0.25, 0.3) is 0 Å². The molecule has 1 aromatic carbocycles. The van der Waals surface area contributed by atoms with Crippen LogP contribution in [0.3, 0.4) is 0 Å². The fourth-order valence-electron chi connectivity index (χ4n) is 3.30. The highest BCUT2D eigenvalue weighted by atomic mass is 16.5. The van der Waals surface area contributed by atoms with E-state index in [1.165, 1.54) is 0 Å². The average molecular weight is 412 g/mol. The molecule has 1 unspecified atom stereocenters. The van der Waals surface area contributed by atoms with Crippen LogP contribution in [0.4, 0.5) is 16.3 Å². The minimum Gasteiger partial charge on any atom is -0.377 e. The largest absolute Gasteiger partial charge is 0.377 e. The number of carbonyl (C=O) groups excluding carboxylic acids is 1. The number of hydrogen-bond acceptors (Lipinski definition) is 5. The number of amidine groups is 1. The number of aromatic nitrogens is 2. The summed E-state index contributed by atoms with van der Waals surface area (Å²) in [6.45, 7) is 10.5. The maximum atomic E-state index is 11.6. The van der Waals surface area contributed by atoms with Crippen molar-refractivity contribution in [2.24, 2.45) is 7.05 Å². The van der Waals surface area contributed by atoms with Crippen molar-refractivity contribution in [3.05, 3.63) is 48.4 Å². The summed E-state index contributed by atoms with van der Waals surface area (Å²) >= 11 is 0. The number of carbonyl (C=O) groups is 1. The number of urea groups is 1. The van der Waals surface area contributed by atoms with Crippen LogP contribution in [-0.2, 0) is 11.8 Å². The van der Waals surface area contributed by atoms with Crippen molar-refractivity contribution >= 4 is 29.1 Å². The van der Waals surface area contributed by atoms with Gasteiger partial charge in [-0.15, -0.1) is 0 Å². The Kier molecular flexibility index (Phi) is 6.73. The topological polar surface area (TPSA) is 107 Å². The van der Waals surface area contributed by atoms with Gasteiger partial charge in [-0.25, -0.2) is 9.78 Å². The fraction of sp³-hybridized carbons (Fsp3) is 0.381. The van der Waals surface area contributed by atoms with Crippen molar-refractivity contribution in [3.63, 3.8) is 0 Å². The highest BCUT2D eigenvalue weighted by molar-refractivity contribution is 6.00. The number of nitrogens with one attached hydrogen (secondary N) is 4. The standard InChI is InChI=1S/C21H29N7O2/c1-5-23-21(29)26-17-8-6-16(7-9-17)15(3)25-20-18(27(4)13-24-20)19(22)28-10-11-30-12-14(28)2/h6-9,13-14,22,25H,3,5,10-12H2,1-2,4H3,(H2,23,26,29). The van der Waals surface area contributed by atoms with Crippen LogP contribution in [0, 0.1) is 5.41 Å². The van der Waals surface area contributed by atoms with E-state index in [0.29, 0.717) is 55.0 Å². The van der Waals surface area contributed by atoms with Gasteiger partial charge < -0.3 is 30.2 Å². The van der Waals surface area contributed by atoms with Crippen LogP contribution >= 0.6 is 0 Å². The van der Waals surface area contributed by atoms with Crippen LogP contribution in [0.15, 0.2) is 37.2 Å². The smallest absolute Gasteiger partial charge is 0.319 e. The fourth-order valence-corrected chi connectivity index (χ4v) is 3.30. The SMILES string of the molecule is C=C(Nc1ncn(C)c1C(=N)N1CCOCC1C)c1ccc(NC(=O)NCC)cc1. The number of nitrogens with zero attached hydrogens (tertiary/aromatic N) is 3. The van der Waals surface area contributed by atoms with Gasteiger partial charge >= 0.3 is 6.03 Å². The van der Waals surface area contributed by atoms with Crippen LogP contribution in [0.25, 0.3) is 5.70 Å². The van der Waals surface area contributed by atoms with Gasteiger partial charge in [-0.05, 0) is 31.5 Å². The van der Waals surface area contributed by atoms with Crippen LogP contribution in [0.5, 0.6) is 0 Å². The predicted molar refractivity (Wildman–Crippen MR) is 119 cm³/mol. The lowest BCUT2D eigenvalue weighted by Gasteiger charge is -2.35. The van der Waals surface area contributed by atoms with E-state index in [1.807, 2.05) is 54.6 Å². The molecule has 2 aromatic rings. The first kappa shape index (κ1) is 21.4. The Morgan fingerprint density at radius 2 is 2.07 bits per heavy atom. The molecule has 30 heavy (non-hydrogen) atoms. The van der Waals surface area contributed by atoms with E-state index < -0.39 is 0 Å². The molecule has 2 amide bonds. The number of hydrogen-bond donors (Lipinski definition) is 4. The number of rotatable bonds is 6. The molecule has 3 rings (SSSR count). The van der Waals surface area contributed by atoms with Crippen LogP contribution in [0.1, 0.15) is 25.1 Å². The Hall–Kier alpha value is -3.33. The molecular weight excluding hydrogens is 382 g/mol. The summed E-state index contributed by atoms with van der Waals surface area (Å²) in [5, 5.41) is 17.4. The number of morpholine rings is 1. The Morgan fingerprint density at radius 3 is 2.73 bits per heavy atom. The Labute approximate surface area is 176 Å². The average Bonchev–Trinajstić information content (AvgIpc) is 3.08. The van der Waals surface area contributed by atoms with Gasteiger partial charge in [0.1, 0.15) is 11.5 Å². The molecule has 1 aliphatic rings. The van der Waals surface area contributed by atoms with Crippen molar-refractivity contribution in [2.75, 3.05) is 36.9 Å². The normalized spacial score (nSPS) is 16.1. The zero-order chi connectivity index (χ0) is 21.7. The van der Waals surface area contributed by atoms with Crippen LogP contribution < -0.4 is 16.0 Å². The molecule has 160 valence electrons. The molecule has 4 N–H and O–H groups in total. The third-order valence-corrected chi connectivity index (χ3v) is 4.91. The van der Waals surface area contributed by atoms with Gasteiger partial charge in [0.05, 0.1) is 25.6 Å². The highest BCUT2D eigenvalue weighted by Gasteiger charge is 2.26. The molecule has 0 radical (unpaired) electrons. The first-order valence-electron chi connectivity index (χ1n) is 9.96. The molecule has 1 aliphatic heterocycles. The van der Waals surface area contributed by atoms with Crippen molar-refractivity contribution in [2.45, 2.75) is 19.9 Å². The summed E-state index contributed by atoms with van der Waals surface area (Å²) in [7, 11) is 1.87. The zero-order valence-corrected chi connectivity index (χ0v) is 17.7. The molecule has 1 atom stereocenters. The molecule has 2 heterocycles. The molecule has 1 fully saturated rings. The molecular formula is C21H29N7O2. The molecule has 9 nitrogen and oxygen atoms in total. The maximum absolute atomic E-state index is 11.6. The number of anilines is 2. The molecule has 0 aliphatic carbocycles. The van der Waals surface area contributed by atoms with Gasteiger partial charge in [0.2, 0.25) is 0 Å². The summed E-state index contributed by atoms with van der Waals surface area (Å²) in [5.74, 6) is 0.985. The number of amides is 2. The Balaban J connectivity index is 1.71. The third-order valence-electron chi connectivity index (χ3n) is 4.91. The second-order valence-electron chi connectivity index (χ2n) is 7.18. The molecule has 0 saturated carbocycles. The lowest BCUT2D eigenvalue weighted by molar-refractivity contribution is 0.0330. The van der Waals surface area contributed by atoms with E-state index in [1.54, 1.807) is 6.33 Å². The lowest BCUT2D eigenvalue weighted by Crippen LogP contribution is -2.47. The van der Waals surface area contributed by atoms with E-state index in [9.17, 15) is 4.79 Å². The predicted octanol–water partition coefficient (Wildman–Crippen LogP) is 2.69. The summed E-state index contributed by atoms with van der Waals surface area (Å²) in [6.07, 6.45) is 1.68. The van der Waals surface area contributed by atoms with Gasteiger partial charge in [0.15, 0.2) is 5.82 Å². The zero-order valence-electron chi connectivity index (χ0n) is 17.7. The molecule has 1 aromatic heterocycles. The van der Waals surface area contributed by atoms with Crippen molar-refractivity contribution < 1.29 is 9.53 Å².